The van der Waals surface area contributed by atoms with Crippen LogP contribution in [0.15, 0.2) is 48.7 Å². The Morgan fingerprint density at radius 1 is 1.31 bits per heavy atom. The first-order chi connectivity index (χ1) is 15.3. The van der Waals surface area contributed by atoms with Gasteiger partial charge in [0.25, 0.3) is 0 Å². The molecule has 1 aliphatic heterocycles. The molecule has 1 unspecified atom stereocenters. The van der Waals surface area contributed by atoms with E-state index in [-0.39, 0.29) is 18.5 Å². The third kappa shape index (κ3) is 4.31. The Morgan fingerprint density at radius 3 is 2.84 bits per heavy atom. The number of aliphatic carboxylic acids is 1. The minimum Gasteiger partial charge on any atom is -0.480 e. The van der Waals surface area contributed by atoms with Crippen LogP contribution in [0.4, 0.5) is 10.6 Å². The average molecular weight is 433 g/mol. The van der Waals surface area contributed by atoms with Crippen molar-refractivity contribution in [3.05, 3.63) is 65.5 Å². The van der Waals surface area contributed by atoms with Crippen molar-refractivity contribution in [1.29, 1.82) is 0 Å². The Morgan fingerprint density at radius 2 is 2.09 bits per heavy atom. The van der Waals surface area contributed by atoms with Crippen molar-refractivity contribution in [2.75, 3.05) is 18.9 Å². The first-order valence-corrected chi connectivity index (χ1v) is 10.1. The topological polar surface area (TPSA) is 119 Å². The summed E-state index contributed by atoms with van der Waals surface area (Å²) < 4.78 is 0. The second-order valence-electron chi connectivity index (χ2n) is 7.73. The van der Waals surface area contributed by atoms with E-state index in [1.54, 1.807) is 30.3 Å². The third-order valence-electron chi connectivity index (χ3n) is 5.54. The molecule has 0 radical (unpaired) electrons. The van der Waals surface area contributed by atoms with Gasteiger partial charge in [0, 0.05) is 36.1 Å². The first-order valence-electron chi connectivity index (χ1n) is 10.1. The van der Waals surface area contributed by atoms with Crippen LogP contribution in [0.2, 0.25) is 0 Å². The van der Waals surface area contributed by atoms with Crippen LogP contribution in [0, 0.1) is 0 Å². The molecule has 0 saturated heterocycles. The highest BCUT2D eigenvalue weighted by molar-refractivity contribution is 5.94. The lowest BCUT2D eigenvalue weighted by Gasteiger charge is -2.27. The number of rotatable bonds is 6. The molecule has 4 rings (SSSR count). The largest absolute Gasteiger partial charge is 0.480 e. The van der Waals surface area contributed by atoms with E-state index >= 15 is 0 Å². The monoisotopic (exact) mass is 433 g/mol. The molecule has 0 saturated carbocycles. The zero-order valence-electron chi connectivity index (χ0n) is 17.7. The van der Waals surface area contributed by atoms with Crippen molar-refractivity contribution >= 4 is 40.7 Å². The number of para-hydroxylation sites is 1. The number of carbonyl (C=O) groups is 3. The predicted octanol–water partition coefficient (Wildman–Crippen LogP) is 3.23. The van der Waals surface area contributed by atoms with Crippen molar-refractivity contribution in [2.45, 2.75) is 19.5 Å². The van der Waals surface area contributed by atoms with E-state index in [1.807, 2.05) is 37.3 Å². The molecule has 9 heteroatoms. The van der Waals surface area contributed by atoms with E-state index in [1.165, 1.54) is 11.0 Å². The van der Waals surface area contributed by atoms with Gasteiger partial charge >= 0.3 is 12.0 Å². The molecule has 0 bridgehead atoms. The van der Waals surface area contributed by atoms with Crippen LogP contribution in [0.25, 0.3) is 17.0 Å². The molecule has 1 aliphatic rings. The number of carboxylic acids is 1. The number of hydrogen-bond donors (Lipinski definition) is 3. The van der Waals surface area contributed by atoms with E-state index in [2.05, 4.69) is 15.3 Å². The predicted molar refractivity (Wildman–Crippen MR) is 120 cm³/mol. The number of aromatic amines is 1. The highest BCUT2D eigenvalue weighted by Crippen LogP contribution is 2.24. The van der Waals surface area contributed by atoms with Crippen LogP contribution in [0.1, 0.15) is 29.8 Å². The SMILES string of the molecule is CC(c1cc2ccccc2[nH]1)N(C)C(=O)/C=C/c1cnc2c(c1)CN(CC(=O)O)C(=O)N2. The van der Waals surface area contributed by atoms with Crippen LogP contribution < -0.4 is 5.32 Å². The van der Waals surface area contributed by atoms with Crippen LogP contribution in [-0.2, 0) is 16.1 Å². The number of benzene rings is 1. The summed E-state index contributed by atoms with van der Waals surface area (Å²) in [6.45, 7) is 1.68. The molecule has 0 spiro atoms. The Balaban J connectivity index is 1.46. The van der Waals surface area contributed by atoms with E-state index in [0.29, 0.717) is 16.9 Å². The van der Waals surface area contributed by atoms with Gasteiger partial charge in [-0.3, -0.25) is 14.9 Å². The van der Waals surface area contributed by atoms with E-state index in [4.69, 9.17) is 5.11 Å². The fraction of sp³-hybridized carbons (Fsp3) is 0.217. The molecule has 3 aromatic rings. The molecule has 1 aromatic carbocycles. The molecular weight excluding hydrogens is 410 g/mol. The van der Waals surface area contributed by atoms with Crippen LogP contribution in [-0.4, -0.2) is 56.4 Å². The van der Waals surface area contributed by atoms with Crippen molar-refractivity contribution in [1.82, 2.24) is 19.8 Å². The van der Waals surface area contributed by atoms with Crippen molar-refractivity contribution in [3.63, 3.8) is 0 Å². The number of nitrogens with zero attached hydrogens (tertiary/aromatic N) is 3. The van der Waals surface area contributed by atoms with Crippen LogP contribution in [0.5, 0.6) is 0 Å². The summed E-state index contributed by atoms with van der Waals surface area (Å²) in [6, 6.07) is 11.1. The lowest BCUT2D eigenvalue weighted by Crippen LogP contribution is -2.41. The van der Waals surface area contributed by atoms with Crippen molar-refractivity contribution in [2.24, 2.45) is 0 Å². The lowest BCUT2D eigenvalue weighted by molar-refractivity contribution is -0.137. The smallest absolute Gasteiger partial charge is 0.323 e. The fourth-order valence-electron chi connectivity index (χ4n) is 3.61. The number of amides is 3. The molecule has 0 fully saturated rings. The maximum Gasteiger partial charge on any atom is 0.323 e. The van der Waals surface area contributed by atoms with Gasteiger partial charge in [-0.15, -0.1) is 0 Å². The summed E-state index contributed by atoms with van der Waals surface area (Å²) in [5.41, 5.74) is 3.32. The number of nitrogens with one attached hydrogen (secondary N) is 2. The summed E-state index contributed by atoms with van der Waals surface area (Å²) in [5, 5.41) is 12.6. The molecule has 2 aromatic heterocycles. The molecule has 164 valence electrons. The number of likely N-dealkylation sites (N-methyl/N-ethyl adjacent to an activating group) is 1. The molecular formula is C23H23N5O4. The van der Waals surface area contributed by atoms with Crippen molar-refractivity contribution in [3.8, 4) is 0 Å². The van der Waals surface area contributed by atoms with Crippen molar-refractivity contribution < 1.29 is 19.5 Å². The molecule has 3 amide bonds. The quantitative estimate of drug-likeness (QED) is 0.516. The second-order valence-corrected chi connectivity index (χ2v) is 7.73. The number of hydrogen-bond acceptors (Lipinski definition) is 4. The van der Waals surface area contributed by atoms with Gasteiger partial charge in [0.05, 0.1) is 12.6 Å². The summed E-state index contributed by atoms with van der Waals surface area (Å²) in [5.74, 6) is -0.871. The summed E-state index contributed by atoms with van der Waals surface area (Å²) in [7, 11) is 1.74. The zero-order chi connectivity index (χ0) is 22.8. The number of urea groups is 1. The number of carboxylic acid groups (broad SMARTS) is 1. The second kappa shape index (κ2) is 8.54. The summed E-state index contributed by atoms with van der Waals surface area (Å²) in [6.07, 6.45) is 4.68. The Bertz CT molecular complexity index is 1200. The Kier molecular flexibility index (Phi) is 5.63. The number of carbonyl (C=O) groups excluding carboxylic acids is 2. The fourth-order valence-corrected chi connectivity index (χ4v) is 3.61. The first kappa shape index (κ1) is 21.1. The number of H-pyrrole nitrogens is 1. The minimum absolute atomic E-state index is 0.132. The van der Waals surface area contributed by atoms with Gasteiger partial charge in [0.1, 0.15) is 12.4 Å². The van der Waals surface area contributed by atoms with E-state index in [9.17, 15) is 14.4 Å². The molecule has 32 heavy (non-hydrogen) atoms. The summed E-state index contributed by atoms with van der Waals surface area (Å²) in [4.78, 5) is 46.0. The number of fused-ring (bicyclic) bond motifs is 2. The van der Waals surface area contributed by atoms with E-state index in [0.717, 1.165) is 16.6 Å². The van der Waals surface area contributed by atoms with Gasteiger partial charge in [-0.05, 0) is 42.1 Å². The molecule has 9 nitrogen and oxygen atoms in total. The van der Waals surface area contributed by atoms with Gasteiger partial charge in [-0.2, -0.15) is 0 Å². The highest BCUT2D eigenvalue weighted by atomic mass is 16.4. The molecule has 3 N–H and O–H groups in total. The molecule has 0 aliphatic carbocycles. The Labute approximate surface area is 184 Å². The maximum atomic E-state index is 12.7. The molecule has 3 heterocycles. The third-order valence-corrected chi connectivity index (χ3v) is 5.54. The van der Waals surface area contributed by atoms with Crippen LogP contribution >= 0.6 is 0 Å². The Hall–Kier alpha value is -4.14. The van der Waals surface area contributed by atoms with Crippen LogP contribution in [0.3, 0.4) is 0 Å². The van der Waals surface area contributed by atoms with Gasteiger partial charge in [0.15, 0.2) is 0 Å². The van der Waals surface area contributed by atoms with Gasteiger partial charge in [0.2, 0.25) is 5.91 Å². The number of aromatic nitrogens is 2. The molecule has 1 atom stereocenters. The summed E-state index contributed by atoms with van der Waals surface area (Å²) >= 11 is 0. The van der Waals surface area contributed by atoms with E-state index < -0.39 is 18.5 Å². The average Bonchev–Trinajstić information content (AvgIpc) is 3.21. The van der Waals surface area contributed by atoms with Gasteiger partial charge in [-0.25, -0.2) is 9.78 Å². The van der Waals surface area contributed by atoms with Gasteiger partial charge < -0.3 is 19.9 Å². The number of pyridine rings is 1. The lowest BCUT2D eigenvalue weighted by atomic mass is 10.1. The van der Waals surface area contributed by atoms with Gasteiger partial charge in [-0.1, -0.05) is 18.2 Å². The minimum atomic E-state index is -1.09. The zero-order valence-corrected chi connectivity index (χ0v) is 17.7. The normalized spacial score (nSPS) is 14.3. The standard InChI is InChI=1S/C23H23N5O4/c1-14(19-10-16-5-3-4-6-18(16)25-19)27(2)20(29)8-7-15-9-17-12-28(13-21(30)31)23(32)26-22(17)24-11-15/h3-11,14,25H,12-13H2,1-2H3,(H,30,31)(H,24,26,32)/b8-7+. The number of anilines is 1. The maximum absolute atomic E-state index is 12.7. The highest BCUT2D eigenvalue weighted by Gasteiger charge is 2.25.